The lowest BCUT2D eigenvalue weighted by atomic mass is 10.2. The summed E-state index contributed by atoms with van der Waals surface area (Å²) in [4.78, 5) is 0. The molecule has 2 aromatic rings. The highest BCUT2D eigenvalue weighted by Crippen LogP contribution is 2.41. The summed E-state index contributed by atoms with van der Waals surface area (Å²) in [7, 11) is 1.69. The summed E-state index contributed by atoms with van der Waals surface area (Å²) in [5, 5.41) is 3.26. The van der Waals surface area contributed by atoms with E-state index in [-0.39, 0.29) is 0 Å². The van der Waals surface area contributed by atoms with Crippen LogP contribution in [-0.4, -0.2) is 7.11 Å². The number of hydrogen-bond donors (Lipinski definition) is 0. The third-order valence-electron chi connectivity index (χ3n) is 1.80. The summed E-state index contributed by atoms with van der Waals surface area (Å²) >= 11 is 8.66. The molecule has 0 spiro atoms. The first-order chi connectivity index (χ1) is 6.24. The Labute approximate surface area is 97.0 Å². The van der Waals surface area contributed by atoms with Crippen LogP contribution >= 0.6 is 43.2 Å². The molecule has 1 heterocycles. The Hall–Kier alpha value is -0.0600. The first kappa shape index (κ1) is 9.49. The average molecular weight is 322 g/mol. The van der Waals surface area contributed by atoms with Gasteiger partial charge in [-0.3, -0.25) is 0 Å². The molecule has 0 radical (unpaired) electrons. The van der Waals surface area contributed by atoms with E-state index >= 15 is 0 Å². The Morgan fingerprint density at radius 3 is 2.77 bits per heavy atom. The van der Waals surface area contributed by atoms with Crippen LogP contribution in [0.1, 0.15) is 0 Å². The molecule has 0 fully saturated rings. The van der Waals surface area contributed by atoms with Crippen LogP contribution in [0.15, 0.2) is 26.5 Å². The van der Waals surface area contributed by atoms with E-state index in [0.29, 0.717) is 0 Å². The lowest BCUT2D eigenvalue weighted by Gasteiger charge is -2.05. The van der Waals surface area contributed by atoms with Crippen molar-refractivity contribution in [3.8, 4) is 5.75 Å². The van der Waals surface area contributed by atoms with Crippen molar-refractivity contribution in [2.24, 2.45) is 0 Å². The van der Waals surface area contributed by atoms with Gasteiger partial charge < -0.3 is 4.74 Å². The minimum absolute atomic E-state index is 0.910. The molecule has 4 heteroatoms. The van der Waals surface area contributed by atoms with Gasteiger partial charge in [0.1, 0.15) is 0 Å². The van der Waals surface area contributed by atoms with E-state index < -0.39 is 0 Å². The first-order valence-corrected chi connectivity index (χ1v) is 6.10. The number of fused-ring (bicyclic) bond motifs is 1. The highest BCUT2D eigenvalue weighted by atomic mass is 79.9. The van der Waals surface area contributed by atoms with Gasteiger partial charge in [0.15, 0.2) is 5.75 Å². The molecule has 1 aromatic heterocycles. The molecule has 0 aliphatic carbocycles. The predicted octanol–water partition coefficient (Wildman–Crippen LogP) is 4.43. The maximum Gasteiger partial charge on any atom is 0.150 e. The third kappa shape index (κ3) is 1.51. The summed E-state index contributed by atoms with van der Waals surface area (Å²) in [6.45, 7) is 0. The van der Waals surface area contributed by atoms with Crippen LogP contribution in [0.5, 0.6) is 5.75 Å². The van der Waals surface area contributed by atoms with Crippen LogP contribution in [0, 0.1) is 0 Å². The van der Waals surface area contributed by atoms with Crippen molar-refractivity contribution in [2.45, 2.75) is 0 Å². The molecule has 0 aliphatic rings. The van der Waals surface area contributed by atoms with Gasteiger partial charge in [0.2, 0.25) is 0 Å². The minimum Gasteiger partial charge on any atom is -0.494 e. The van der Waals surface area contributed by atoms with Crippen molar-refractivity contribution in [1.29, 1.82) is 0 Å². The van der Waals surface area contributed by atoms with Crippen LogP contribution in [0.4, 0.5) is 0 Å². The van der Waals surface area contributed by atoms with Gasteiger partial charge in [0, 0.05) is 9.86 Å². The summed E-state index contributed by atoms with van der Waals surface area (Å²) in [5.74, 6) is 0.910. The Balaban J connectivity index is 2.88. The van der Waals surface area contributed by atoms with Crippen molar-refractivity contribution in [1.82, 2.24) is 0 Å². The average Bonchev–Trinajstić information content (AvgIpc) is 2.53. The minimum atomic E-state index is 0.910. The highest BCUT2D eigenvalue weighted by Gasteiger charge is 2.10. The largest absolute Gasteiger partial charge is 0.494 e. The summed E-state index contributed by atoms with van der Waals surface area (Å²) < 4.78 is 8.56. The third-order valence-corrected chi connectivity index (χ3v) is 3.96. The standard InChI is InChI=1S/C9H6Br2OS/c1-12-8-7(11)4-6(10)5-2-3-13-9(5)8/h2-4H,1H3. The van der Waals surface area contributed by atoms with Gasteiger partial charge in [-0.25, -0.2) is 0 Å². The number of methoxy groups -OCH3 is 1. The molecule has 0 saturated heterocycles. The van der Waals surface area contributed by atoms with Gasteiger partial charge in [-0.2, -0.15) is 0 Å². The zero-order valence-electron chi connectivity index (χ0n) is 6.80. The zero-order chi connectivity index (χ0) is 9.42. The second-order valence-corrected chi connectivity index (χ2v) is 5.16. The van der Waals surface area contributed by atoms with E-state index in [2.05, 4.69) is 43.3 Å². The maximum absolute atomic E-state index is 5.31. The number of rotatable bonds is 1. The van der Waals surface area contributed by atoms with Crippen LogP contribution in [0.3, 0.4) is 0 Å². The van der Waals surface area contributed by atoms with E-state index in [0.717, 1.165) is 14.7 Å². The summed E-state index contributed by atoms with van der Waals surface area (Å²) in [5.41, 5.74) is 0. The van der Waals surface area contributed by atoms with E-state index in [1.165, 1.54) is 10.1 Å². The molecule has 2 rings (SSSR count). The molecule has 1 nitrogen and oxygen atoms in total. The zero-order valence-corrected chi connectivity index (χ0v) is 10.8. The Kier molecular flexibility index (Phi) is 2.62. The topological polar surface area (TPSA) is 9.23 Å². The molecular weight excluding hydrogens is 316 g/mol. The first-order valence-electron chi connectivity index (χ1n) is 3.63. The fourth-order valence-corrected chi connectivity index (χ4v) is 3.89. The molecule has 0 atom stereocenters. The Morgan fingerprint density at radius 1 is 1.31 bits per heavy atom. The summed E-state index contributed by atoms with van der Waals surface area (Å²) in [6, 6.07) is 4.09. The molecule has 68 valence electrons. The fraction of sp³-hybridized carbons (Fsp3) is 0.111. The molecule has 0 aliphatic heterocycles. The van der Waals surface area contributed by atoms with Crippen molar-refractivity contribution in [2.75, 3.05) is 7.11 Å². The number of thiophene rings is 1. The molecule has 0 saturated carbocycles. The fourth-order valence-electron chi connectivity index (χ4n) is 1.23. The summed E-state index contributed by atoms with van der Waals surface area (Å²) in [6.07, 6.45) is 0. The van der Waals surface area contributed by atoms with E-state index in [1.807, 2.05) is 6.07 Å². The molecule has 0 unspecified atom stereocenters. The molecule has 0 amide bonds. The maximum atomic E-state index is 5.31. The SMILES string of the molecule is COc1c(Br)cc(Br)c2ccsc12. The highest BCUT2D eigenvalue weighted by molar-refractivity contribution is 9.11. The van der Waals surface area contributed by atoms with Crippen molar-refractivity contribution < 1.29 is 4.74 Å². The Bertz CT molecular complexity index is 450. The molecule has 13 heavy (non-hydrogen) atoms. The van der Waals surface area contributed by atoms with E-state index in [1.54, 1.807) is 18.4 Å². The number of ether oxygens (including phenoxy) is 1. The van der Waals surface area contributed by atoms with Crippen LogP contribution in [0.25, 0.3) is 10.1 Å². The molecular formula is C9H6Br2OS. The van der Waals surface area contributed by atoms with Crippen LogP contribution < -0.4 is 4.74 Å². The van der Waals surface area contributed by atoms with Gasteiger partial charge in [-0.05, 0) is 33.4 Å². The van der Waals surface area contributed by atoms with E-state index in [4.69, 9.17) is 4.74 Å². The molecule has 0 bridgehead atoms. The quantitative estimate of drug-likeness (QED) is 0.754. The van der Waals surface area contributed by atoms with Crippen molar-refractivity contribution >= 4 is 53.3 Å². The number of benzene rings is 1. The lowest BCUT2D eigenvalue weighted by Crippen LogP contribution is -1.84. The second kappa shape index (κ2) is 3.59. The molecule has 0 N–H and O–H groups in total. The Morgan fingerprint density at radius 2 is 2.08 bits per heavy atom. The number of hydrogen-bond acceptors (Lipinski definition) is 2. The van der Waals surface area contributed by atoms with E-state index in [9.17, 15) is 0 Å². The smallest absolute Gasteiger partial charge is 0.150 e. The van der Waals surface area contributed by atoms with Gasteiger partial charge in [-0.15, -0.1) is 11.3 Å². The van der Waals surface area contributed by atoms with Gasteiger partial charge in [0.05, 0.1) is 16.3 Å². The second-order valence-electron chi connectivity index (χ2n) is 2.54. The molecule has 1 aromatic carbocycles. The van der Waals surface area contributed by atoms with Gasteiger partial charge in [-0.1, -0.05) is 15.9 Å². The lowest BCUT2D eigenvalue weighted by molar-refractivity contribution is 0.418. The predicted molar refractivity (Wildman–Crippen MR) is 63.8 cm³/mol. The number of halogens is 2. The normalized spacial score (nSPS) is 10.7. The van der Waals surface area contributed by atoms with Gasteiger partial charge >= 0.3 is 0 Å². The monoisotopic (exact) mass is 320 g/mol. The van der Waals surface area contributed by atoms with Gasteiger partial charge in [0.25, 0.3) is 0 Å². The van der Waals surface area contributed by atoms with Crippen LogP contribution in [0.2, 0.25) is 0 Å². The van der Waals surface area contributed by atoms with Crippen molar-refractivity contribution in [3.05, 3.63) is 26.5 Å². The van der Waals surface area contributed by atoms with Crippen LogP contribution in [-0.2, 0) is 0 Å². The van der Waals surface area contributed by atoms with Crippen molar-refractivity contribution in [3.63, 3.8) is 0 Å².